The van der Waals surface area contributed by atoms with E-state index in [2.05, 4.69) is 4.72 Å². The standard InChI is InChI=1S/C21H29F3N4O4S/c22-17-11-19(24)18(23)9-13(17)10-20(25)14-7-15-1-2-16(8-14)28(15)21(29)12-26-33(30,31)27-3-5-32-6-4-27/h9,11,14-16,20,26H,1-8,10,12,25H2/t14?,15?,16?,20-/m1/s1. The van der Waals surface area contributed by atoms with Crippen LogP contribution >= 0.6 is 0 Å². The van der Waals surface area contributed by atoms with Crippen molar-refractivity contribution in [1.29, 1.82) is 0 Å². The van der Waals surface area contributed by atoms with Gasteiger partial charge in [-0.2, -0.15) is 17.4 Å². The molecule has 3 heterocycles. The van der Waals surface area contributed by atoms with Crippen LogP contribution in [0.5, 0.6) is 0 Å². The van der Waals surface area contributed by atoms with Crippen LogP contribution < -0.4 is 10.5 Å². The first kappa shape index (κ1) is 24.4. The molecule has 3 saturated heterocycles. The predicted octanol–water partition coefficient (Wildman–Crippen LogP) is 0.910. The van der Waals surface area contributed by atoms with Crippen LogP contribution in [-0.2, 0) is 26.2 Å². The minimum absolute atomic E-state index is 0.0101. The monoisotopic (exact) mass is 490 g/mol. The van der Waals surface area contributed by atoms with Crippen LogP contribution in [0.3, 0.4) is 0 Å². The van der Waals surface area contributed by atoms with Crippen LogP contribution in [0.25, 0.3) is 0 Å². The van der Waals surface area contributed by atoms with Crippen molar-refractivity contribution in [3.63, 3.8) is 0 Å². The van der Waals surface area contributed by atoms with E-state index >= 15 is 0 Å². The third kappa shape index (κ3) is 5.35. The van der Waals surface area contributed by atoms with Crippen molar-refractivity contribution >= 4 is 16.1 Å². The molecule has 0 radical (unpaired) electrons. The molecule has 3 N–H and O–H groups in total. The van der Waals surface area contributed by atoms with E-state index in [1.54, 1.807) is 4.90 Å². The summed E-state index contributed by atoms with van der Waals surface area (Å²) in [6, 6.07) is 0.758. The highest BCUT2D eigenvalue weighted by Gasteiger charge is 2.44. The fourth-order valence-electron chi connectivity index (χ4n) is 5.24. The van der Waals surface area contributed by atoms with Gasteiger partial charge in [-0.15, -0.1) is 0 Å². The Kier molecular flexibility index (Phi) is 7.29. The summed E-state index contributed by atoms with van der Waals surface area (Å²) in [4.78, 5) is 14.6. The Hall–Kier alpha value is -1.73. The summed E-state index contributed by atoms with van der Waals surface area (Å²) in [5, 5.41) is 0. The first-order valence-corrected chi connectivity index (χ1v) is 12.6. The Balaban J connectivity index is 1.34. The van der Waals surface area contributed by atoms with E-state index in [1.165, 1.54) is 4.31 Å². The molecule has 33 heavy (non-hydrogen) atoms. The number of nitrogens with two attached hydrogens (primary N) is 1. The van der Waals surface area contributed by atoms with Gasteiger partial charge in [-0.25, -0.2) is 13.2 Å². The molecule has 2 unspecified atom stereocenters. The molecule has 0 spiro atoms. The lowest BCUT2D eigenvalue weighted by molar-refractivity contribution is -0.135. The second-order valence-electron chi connectivity index (χ2n) is 8.98. The van der Waals surface area contributed by atoms with Crippen molar-refractivity contribution in [2.75, 3.05) is 32.8 Å². The number of hydrogen-bond donors (Lipinski definition) is 2. The Morgan fingerprint density at radius 1 is 1.09 bits per heavy atom. The number of halogens is 3. The summed E-state index contributed by atoms with van der Waals surface area (Å²) in [5.41, 5.74) is 6.35. The van der Waals surface area contributed by atoms with E-state index in [1.807, 2.05) is 0 Å². The van der Waals surface area contributed by atoms with Gasteiger partial charge in [0.05, 0.1) is 19.8 Å². The minimum Gasteiger partial charge on any atom is -0.379 e. The molecule has 3 aliphatic rings. The number of fused-ring (bicyclic) bond motifs is 2. The van der Waals surface area contributed by atoms with Gasteiger partial charge < -0.3 is 15.4 Å². The first-order valence-electron chi connectivity index (χ1n) is 11.2. The minimum atomic E-state index is -3.76. The van der Waals surface area contributed by atoms with Crippen LogP contribution in [0.2, 0.25) is 0 Å². The molecule has 1 amide bonds. The second kappa shape index (κ2) is 9.87. The maximum absolute atomic E-state index is 14.0. The average Bonchev–Trinajstić information content (AvgIpc) is 3.05. The molecule has 1 aromatic carbocycles. The zero-order valence-corrected chi connectivity index (χ0v) is 19.0. The lowest BCUT2D eigenvalue weighted by Gasteiger charge is -2.41. The molecule has 3 aliphatic heterocycles. The predicted molar refractivity (Wildman–Crippen MR) is 114 cm³/mol. The van der Waals surface area contributed by atoms with Gasteiger partial charge in [0.2, 0.25) is 5.91 Å². The van der Waals surface area contributed by atoms with Crippen molar-refractivity contribution in [1.82, 2.24) is 13.9 Å². The normalized spacial score (nSPS) is 27.0. The zero-order chi connectivity index (χ0) is 23.8. The van der Waals surface area contributed by atoms with Gasteiger partial charge in [0.1, 0.15) is 5.82 Å². The van der Waals surface area contributed by atoms with Crippen molar-refractivity contribution in [3.8, 4) is 0 Å². The van der Waals surface area contributed by atoms with Crippen LogP contribution in [-0.4, -0.2) is 74.5 Å². The number of carbonyl (C=O) groups is 1. The SMILES string of the molecule is N[C@H](Cc1cc(F)c(F)cc1F)C1CC2CCC(C1)N2C(=O)CNS(=O)(=O)N1CCOCC1. The molecular formula is C21H29F3N4O4S. The highest BCUT2D eigenvalue weighted by Crippen LogP contribution is 2.40. The lowest BCUT2D eigenvalue weighted by Crippen LogP contribution is -2.54. The number of hydrogen-bond acceptors (Lipinski definition) is 5. The van der Waals surface area contributed by atoms with Crippen molar-refractivity contribution < 1.29 is 31.1 Å². The van der Waals surface area contributed by atoms with Crippen LogP contribution in [0.1, 0.15) is 31.2 Å². The lowest BCUT2D eigenvalue weighted by atomic mass is 9.82. The van der Waals surface area contributed by atoms with E-state index < -0.39 is 33.7 Å². The van der Waals surface area contributed by atoms with Gasteiger partial charge in [0.25, 0.3) is 10.2 Å². The van der Waals surface area contributed by atoms with Crippen molar-refractivity contribution in [3.05, 3.63) is 35.1 Å². The first-order chi connectivity index (χ1) is 15.7. The van der Waals surface area contributed by atoms with Crippen LogP contribution in [0.15, 0.2) is 12.1 Å². The van der Waals surface area contributed by atoms with Crippen molar-refractivity contribution in [2.45, 2.75) is 50.2 Å². The molecule has 3 fully saturated rings. The quantitative estimate of drug-likeness (QED) is 0.553. The van der Waals surface area contributed by atoms with Gasteiger partial charge in [-0.05, 0) is 49.7 Å². The van der Waals surface area contributed by atoms with E-state index in [0.717, 1.165) is 18.9 Å². The molecule has 1 aromatic rings. The smallest absolute Gasteiger partial charge is 0.280 e. The molecule has 0 aromatic heterocycles. The molecule has 12 heteroatoms. The molecule has 3 atom stereocenters. The molecule has 0 aliphatic carbocycles. The fourth-order valence-corrected chi connectivity index (χ4v) is 6.36. The van der Waals surface area contributed by atoms with E-state index in [0.29, 0.717) is 32.1 Å². The maximum Gasteiger partial charge on any atom is 0.280 e. The van der Waals surface area contributed by atoms with Crippen molar-refractivity contribution in [2.24, 2.45) is 11.7 Å². The molecule has 4 rings (SSSR count). The molecular weight excluding hydrogens is 461 g/mol. The number of ether oxygens (including phenoxy) is 1. The van der Waals surface area contributed by atoms with Gasteiger partial charge in [0, 0.05) is 37.3 Å². The highest BCUT2D eigenvalue weighted by molar-refractivity contribution is 7.87. The van der Waals surface area contributed by atoms with E-state index in [-0.39, 0.29) is 55.5 Å². The molecule has 0 saturated carbocycles. The number of morpholine rings is 1. The summed E-state index contributed by atoms with van der Waals surface area (Å²) < 4.78 is 74.4. The Bertz CT molecular complexity index is 976. The molecule has 2 bridgehead atoms. The number of rotatable bonds is 7. The Morgan fingerprint density at radius 2 is 1.70 bits per heavy atom. The van der Waals surface area contributed by atoms with Crippen LogP contribution in [0.4, 0.5) is 13.2 Å². The van der Waals surface area contributed by atoms with E-state index in [9.17, 15) is 26.4 Å². The highest BCUT2D eigenvalue weighted by atomic mass is 32.2. The molecule has 184 valence electrons. The maximum atomic E-state index is 14.0. The summed E-state index contributed by atoms with van der Waals surface area (Å²) in [7, 11) is -3.76. The number of piperidine rings is 1. The number of benzene rings is 1. The third-order valence-corrected chi connectivity index (χ3v) is 8.48. The van der Waals surface area contributed by atoms with Crippen LogP contribution in [0, 0.1) is 23.4 Å². The van der Waals surface area contributed by atoms with Gasteiger partial charge in [0.15, 0.2) is 11.6 Å². The van der Waals surface area contributed by atoms with Gasteiger partial charge in [-0.3, -0.25) is 4.79 Å². The topological polar surface area (TPSA) is 105 Å². The molecule has 8 nitrogen and oxygen atoms in total. The zero-order valence-electron chi connectivity index (χ0n) is 18.2. The Labute approximate surface area is 191 Å². The number of amides is 1. The second-order valence-corrected chi connectivity index (χ2v) is 10.7. The summed E-state index contributed by atoms with van der Waals surface area (Å²) in [6.45, 7) is 0.819. The third-order valence-electron chi connectivity index (χ3n) is 6.92. The number of nitrogens with one attached hydrogen (secondary N) is 1. The average molecular weight is 491 g/mol. The Morgan fingerprint density at radius 3 is 2.33 bits per heavy atom. The van der Waals surface area contributed by atoms with Gasteiger partial charge in [-0.1, -0.05) is 0 Å². The van der Waals surface area contributed by atoms with Gasteiger partial charge >= 0.3 is 0 Å². The largest absolute Gasteiger partial charge is 0.379 e. The fraction of sp³-hybridized carbons (Fsp3) is 0.667. The summed E-state index contributed by atoms with van der Waals surface area (Å²) in [6.07, 6.45) is 2.85. The van der Waals surface area contributed by atoms with E-state index in [4.69, 9.17) is 10.5 Å². The number of carbonyl (C=O) groups excluding carboxylic acids is 1. The summed E-state index contributed by atoms with van der Waals surface area (Å²) >= 11 is 0. The number of nitrogens with zero attached hydrogens (tertiary/aromatic N) is 2. The summed E-state index contributed by atoms with van der Waals surface area (Å²) in [5.74, 6) is -3.47.